The standard InChI is InChI=1S/C8H10N4O5S2/c9-19(16,17)4-5-1-6(13)11(3-5)8-10-2-7(18-8)12(14)15/h2,5H,1,3-4H2,(H2,9,16,17). The van der Waals surface area contributed by atoms with Crippen LogP contribution in [0.4, 0.5) is 10.1 Å². The zero-order chi connectivity index (χ0) is 14.2. The summed E-state index contributed by atoms with van der Waals surface area (Å²) in [6.07, 6.45) is 1.12. The minimum atomic E-state index is -3.65. The third-order valence-corrected chi connectivity index (χ3v) is 4.47. The van der Waals surface area contributed by atoms with Crippen LogP contribution in [0.3, 0.4) is 0 Å². The molecule has 1 aromatic heterocycles. The van der Waals surface area contributed by atoms with Crippen molar-refractivity contribution in [2.45, 2.75) is 6.42 Å². The maximum atomic E-state index is 11.7. The molecule has 1 amide bonds. The minimum Gasteiger partial charge on any atom is -0.288 e. The van der Waals surface area contributed by atoms with Crippen LogP contribution in [0.2, 0.25) is 0 Å². The second kappa shape index (κ2) is 4.83. The van der Waals surface area contributed by atoms with Crippen LogP contribution in [-0.4, -0.2) is 36.5 Å². The first-order chi connectivity index (χ1) is 8.76. The Morgan fingerprint density at radius 1 is 1.63 bits per heavy atom. The monoisotopic (exact) mass is 306 g/mol. The van der Waals surface area contributed by atoms with Gasteiger partial charge in [0.05, 0.1) is 10.7 Å². The van der Waals surface area contributed by atoms with E-state index in [1.807, 2.05) is 0 Å². The van der Waals surface area contributed by atoms with Crippen LogP contribution in [0.15, 0.2) is 6.20 Å². The highest BCUT2D eigenvalue weighted by Gasteiger charge is 2.34. The molecule has 0 aromatic carbocycles. The normalized spacial score (nSPS) is 19.9. The summed E-state index contributed by atoms with van der Waals surface area (Å²) in [5, 5.41) is 15.5. The summed E-state index contributed by atoms with van der Waals surface area (Å²) in [6, 6.07) is 0. The average Bonchev–Trinajstić information content (AvgIpc) is 2.82. The van der Waals surface area contributed by atoms with Gasteiger partial charge in [-0.15, -0.1) is 0 Å². The molecule has 1 atom stereocenters. The van der Waals surface area contributed by atoms with Gasteiger partial charge in [-0.05, 0) is 11.3 Å². The molecule has 0 radical (unpaired) electrons. The van der Waals surface area contributed by atoms with Crippen LogP contribution >= 0.6 is 11.3 Å². The topological polar surface area (TPSA) is 136 Å². The molecule has 11 heteroatoms. The van der Waals surface area contributed by atoms with Crippen molar-refractivity contribution in [3.8, 4) is 0 Å². The number of rotatable bonds is 4. The van der Waals surface area contributed by atoms with Gasteiger partial charge in [-0.25, -0.2) is 18.5 Å². The number of primary sulfonamides is 1. The van der Waals surface area contributed by atoms with Crippen molar-refractivity contribution in [3.05, 3.63) is 16.3 Å². The van der Waals surface area contributed by atoms with Gasteiger partial charge < -0.3 is 0 Å². The van der Waals surface area contributed by atoms with E-state index in [1.165, 1.54) is 4.90 Å². The van der Waals surface area contributed by atoms with Crippen LogP contribution < -0.4 is 10.0 Å². The number of anilines is 1. The van der Waals surface area contributed by atoms with Gasteiger partial charge in [0.1, 0.15) is 6.20 Å². The smallest absolute Gasteiger partial charge is 0.288 e. The summed E-state index contributed by atoms with van der Waals surface area (Å²) >= 11 is 0.776. The number of nitrogens with zero attached hydrogens (tertiary/aromatic N) is 3. The van der Waals surface area contributed by atoms with E-state index in [0.29, 0.717) is 0 Å². The van der Waals surface area contributed by atoms with Crippen LogP contribution in [0.1, 0.15) is 6.42 Å². The predicted molar refractivity (Wildman–Crippen MR) is 67.2 cm³/mol. The number of carbonyl (C=O) groups excluding carboxylic acids is 1. The lowest BCUT2D eigenvalue weighted by molar-refractivity contribution is -0.380. The lowest BCUT2D eigenvalue weighted by Gasteiger charge is -2.11. The molecule has 1 fully saturated rings. The molecule has 0 saturated carbocycles. The minimum absolute atomic E-state index is 0.0454. The lowest BCUT2D eigenvalue weighted by atomic mass is 10.1. The van der Waals surface area contributed by atoms with Crippen molar-refractivity contribution < 1.29 is 18.1 Å². The predicted octanol–water partition coefficient (Wildman–Crippen LogP) is -0.307. The first-order valence-electron chi connectivity index (χ1n) is 5.17. The number of aromatic nitrogens is 1. The number of thiazole rings is 1. The lowest BCUT2D eigenvalue weighted by Crippen LogP contribution is -2.27. The Morgan fingerprint density at radius 2 is 2.32 bits per heavy atom. The molecule has 104 valence electrons. The SMILES string of the molecule is NS(=O)(=O)CC1CC(=O)N(c2ncc([N+](=O)[O-])s2)C1. The van der Waals surface area contributed by atoms with E-state index in [2.05, 4.69) is 4.98 Å². The van der Waals surface area contributed by atoms with Crippen LogP contribution in [0.5, 0.6) is 0 Å². The number of nitrogens with two attached hydrogens (primary N) is 1. The number of sulfonamides is 1. The quantitative estimate of drug-likeness (QED) is 0.598. The van der Waals surface area contributed by atoms with Gasteiger partial charge in [-0.2, -0.15) is 0 Å². The van der Waals surface area contributed by atoms with E-state index in [0.717, 1.165) is 17.5 Å². The average molecular weight is 306 g/mol. The first kappa shape index (κ1) is 13.8. The third kappa shape index (κ3) is 3.24. The molecule has 1 aliphatic rings. The molecule has 2 N–H and O–H groups in total. The van der Waals surface area contributed by atoms with E-state index in [4.69, 9.17) is 5.14 Å². The number of hydrogen-bond donors (Lipinski definition) is 1. The second-order valence-electron chi connectivity index (χ2n) is 4.14. The summed E-state index contributed by atoms with van der Waals surface area (Å²) in [5.74, 6) is -1.01. The fourth-order valence-corrected chi connectivity index (χ4v) is 3.51. The summed E-state index contributed by atoms with van der Waals surface area (Å²) in [6.45, 7) is 0.153. The Morgan fingerprint density at radius 3 is 2.84 bits per heavy atom. The maximum Gasteiger partial charge on any atom is 0.345 e. The number of hydrogen-bond acceptors (Lipinski definition) is 7. The maximum absolute atomic E-state index is 11.7. The Bertz CT molecular complexity index is 625. The summed E-state index contributed by atoms with van der Waals surface area (Å²) < 4.78 is 22.0. The van der Waals surface area contributed by atoms with Gasteiger partial charge >= 0.3 is 5.00 Å². The van der Waals surface area contributed by atoms with Crippen molar-refractivity contribution >= 4 is 37.4 Å². The van der Waals surface area contributed by atoms with E-state index >= 15 is 0 Å². The first-order valence-corrected chi connectivity index (χ1v) is 7.70. The van der Waals surface area contributed by atoms with Crippen molar-refractivity contribution in [2.75, 3.05) is 17.2 Å². The molecule has 1 unspecified atom stereocenters. The summed E-state index contributed by atoms with van der Waals surface area (Å²) in [4.78, 5) is 26.7. The molecule has 1 saturated heterocycles. The summed E-state index contributed by atoms with van der Waals surface area (Å²) in [5.41, 5.74) is 0. The zero-order valence-corrected chi connectivity index (χ0v) is 11.2. The molecule has 9 nitrogen and oxygen atoms in total. The highest BCUT2D eigenvalue weighted by molar-refractivity contribution is 7.89. The van der Waals surface area contributed by atoms with Gasteiger partial charge in [0, 0.05) is 18.9 Å². The van der Waals surface area contributed by atoms with Gasteiger partial charge in [0.2, 0.25) is 15.9 Å². The Hall–Kier alpha value is -1.59. The number of carbonyl (C=O) groups is 1. The van der Waals surface area contributed by atoms with Crippen molar-refractivity contribution in [1.82, 2.24) is 4.98 Å². The fourth-order valence-electron chi connectivity index (χ4n) is 1.87. The van der Waals surface area contributed by atoms with Crippen LogP contribution in [0, 0.1) is 16.0 Å². The Labute approximate surface area is 112 Å². The Balaban J connectivity index is 2.13. The zero-order valence-electron chi connectivity index (χ0n) is 9.55. The molecule has 0 bridgehead atoms. The molecule has 19 heavy (non-hydrogen) atoms. The molecular weight excluding hydrogens is 296 g/mol. The van der Waals surface area contributed by atoms with E-state index in [-0.39, 0.29) is 34.8 Å². The number of amides is 1. The molecule has 2 rings (SSSR count). The van der Waals surface area contributed by atoms with Gasteiger partial charge in [-0.1, -0.05) is 0 Å². The molecule has 2 heterocycles. The largest absolute Gasteiger partial charge is 0.345 e. The van der Waals surface area contributed by atoms with E-state index in [1.54, 1.807) is 0 Å². The molecular formula is C8H10N4O5S2. The molecule has 0 aliphatic carbocycles. The van der Waals surface area contributed by atoms with Crippen molar-refractivity contribution in [3.63, 3.8) is 0 Å². The highest BCUT2D eigenvalue weighted by atomic mass is 32.2. The van der Waals surface area contributed by atoms with Crippen molar-refractivity contribution in [2.24, 2.45) is 11.1 Å². The second-order valence-corrected chi connectivity index (χ2v) is 6.79. The van der Waals surface area contributed by atoms with E-state index < -0.39 is 20.9 Å². The van der Waals surface area contributed by atoms with E-state index in [9.17, 15) is 23.3 Å². The number of nitro groups is 1. The highest BCUT2D eigenvalue weighted by Crippen LogP contribution is 2.32. The molecule has 0 spiro atoms. The van der Waals surface area contributed by atoms with Gasteiger partial charge in [0.15, 0.2) is 5.13 Å². The molecule has 1 aromatic rings. The van der Waals surface area contributed by atoms with Crippen molar-refractivity contribution in [1.29, 1.82) is 0 Å². The molecule has 1 aliphatic heterocycles. The third-order valence-electron chi connectivity index (χ3n) is 2.57. The summed E-state index contributed by atoms with van der Waals surface area (Å²) in [7, 11) is -3.65. The Kier molecular flexibility index (Phi) is 3.52. The van der Waals surface area contributed by atoms with Crippen LogP contribution in [0.25, 0.3) is 0 Å². The fraction of sp³-hybridized carbons (Fsp3) is 0.500. The van der Waals surface area contributed by atoms with Gasteiger partial charge in [-0.3, -0.25) is 19.8 Å². The van der Waals surface area contributed by atoms with Crippen LogP contribution in [-0.2, 0) is 14.8 Å². The van der Waals surface area contributed by atoms with Gasteiger partial charge in [0.25, 0.3) is 0 Å².